The molecule has 0 radical (unpaired) electrons. The maximum atomic E-state index is 13.1. The summed E-state index contributed by atoms with van der Waals surface area (Å²) in [5.41, 5.74) is 5.11. The zero-order chi connectivity index (χ0) is 29.7. The van der Waals surface area contributed by atoms with Crippen LogP contribution in [0.2, 0.25) is 10.0 Å². The van der Waals surface area contributed by atoms with Crippen LogP contribution in [0.4, 0.5) is 10.5 Å². The number of carboxylic acids is 1. The van der Waals surface area contributed by atoms with E-state index < -0.39 is 23.9 Å². The minimum absolute atomic E-state index is 0.0330. The van der Waals surface area contributed by atoms with Gasteiger partial charge in [-0.2, -0.15) is 0 Å². The summed E-state index contributed by atoms with van der Waals surface area (Å²) in [4.78, 5) is 50.1. The molecule has 0 aliphatic heterocycles. The average Bonchev–Trinajstić information content (AvgIpc) is 3.32. The second-order valence-electron chi connectivity index (χ2n) is 9.94. The van der Waals surface area contributed by atoms with Crippen LogP contribution in [0.15, 0.2) is 54.6 Å². The number of carbonyl (C=O) groups excluding carboxylic acids is 3. The number of fused-ring (bicyclic) bond motifs is 1. The second-order valence-corrected chi connectivity index (χ2v) is 10.7. The molecule has 3 aromatic rings. The third-order valence-electron chi connectivity index (χ3n) is 7.04. The summed E-state index contributed by atoms with van der Waals surface area (Å²) in [5, 5.41) is 19.9. The lowest BCUT2D eigenvalue weighted by Gasteiger charge is -2.19. The number of anilines is 1. The van der Waals surface area contributed by atoms with Gasteiger partial charge in [-0.15, -0.1) is 0 Å². The number of hydrogen-bond acceptors (Lipinski definition) is 4. The van der Waals surface area contributed by atoms with Crippen molar-refractivity contribution in [3.63, 3.8) is 0 Å². The fraction of sp³-hybridized carbons (Fsp3) is 0.267. The van der Waals surface area contributed by atoms with Crippen LogP contribution in [0.3, 0.4) is 0 Å². The third-order valence-corrected chi connectivity index (χ3v) is 7.74. The minimum atomic E-state index is -1.47. The average molecular weight is 597 g/mol. The van der Waals surface area contributed by atoms with Gasteiger partial charge in [0.15, 0.2) is 0 Å². The molecule has 0 saturated heterocycles. The SMILES string of the molecule is Cc1ccc(CC(=O)Nc2ccc(Cl)c(C(=O)N[C@@H](CNC(=O)N[C@@H]3CCc4ccccc43)C(=O)O)c2Cl)cc1C. The zero-order valence-electron chi connectivity index (χ0n) is 22.5. The predicted octanol–water partition coefficient (Wildman–Crippen LogP) is 4.96. The maximum absolute atomic E-state index is 13.1. The van der Waals surface area contributed by atoms with Gasteiger partial charge in [-0.25, -0.2) is 9.59 Å². The van der Waals surface area contributed by atoms with Gasteiger partial charge in [-0.05, 0) is 66.6 Å². The highest BCUT2D eigenvalue weighted by Gasteiger charge is 2.27. The Hall–Kier alpha value is -4.08. The quantitative estimate of drug-likeness (QED) is 0.238. The lowest BCUT2D eigenvalue weighted by Crippen LogP contribution is -2.50. The van der Waals surface area contributed by atoms with E-state index >= 15 is 0 Å². The topological polar surface area (TPSA) is 137 Å². The molecule has 0 bridgehead atoms. The monoisotopic (exact) mass is 596 g/mol. The first-order valence-electron chi connectivity index (χ1n) is 13.0. The van der Waals surface area contributed by atoms with Crippen molar-refractivity contribution in [2.24, 2.45) is 0 Å². The van der Waals surface area contributed by atoms with E-state index in [0.29, 0.717) is 0 Å². The number of aliphatic carboxylic acids is 1. The third kappa shape index (κ3) is 7.36. The van der Waals surface area contributed by atoms with Crippen LogP contribution in [0.5, 0.6) is 0 Å². The van der Waals surface area contributed by atoms with Crippen molar-refractivity contribution >= 4 is 52.7 Å². The van der Waals surface area contributed by atoms with E-state index in [0.717, 1.165) is 40.7 Å². The van der Waals surface area contributed by atoms with Gasteiger partial charge >= 0.3 is 12.0 Å². The van der Waals surface area contributed by atoms with E-state index in [1.807, 2.05) is 56.3 Å². The minimum Gasteiger partial charge on any atom is -0.480 e. The summed E-state index contributed by atoms with van der Waals surface area (Å²) in [6, 6.07) is 14.1. The normalized spacial score (nSPS) is 14.5. The first-order chi connectivity index (χ1) is 19.5. The van der Waals surface area contributed by atoms with Gasteiger partial charge in [0.05, 0.1) is 40.3 Å². The summed E-state index contributed by atoms with van der Waals surface area (Å²) < 4.78 is 0. The van der Waals surface area contributed by atoms with E-state index in [4.69, 9.17) is 23.2 Å². The molecule has 0 saturated carbocycles. The Bertz CT molecular complexity index is 1510. The van der Waals surface area contributed by atoms with E-state index in [1.54, 1.807) is 0 Å². The number of halogens is 2. The Kier molecular flexibility index (Phi) is 9.52. The van der Waals surface area contributed by atoms with Gasteiger partial charge in [-0.3, -0.25) is 9.59 Å². The van der Waals surface area contributed by atoms with Crippen molar-refractivity contribution in [1.82, 2.24) is 16.0 Å². The Balaban J connectivity index is 1.38. The Morgan fingerprint density at radius 3 is 2.49 bits per heavy atom. The summed E-state index contributed by atoms with van der Waals surface area (Å²) in [5.74, 6) is -2.59. The highest BCUT2D eigenvalue weighted by molar-refractivity contribution is 6.41. The molecule has 0 fully saturated rings. The fourth-order valence-corrected chi connectivity index (χ4v) is 5.28. The number of nitrogens with one attached hydrogen (secondary N) is 4. The van der Waals surface area contributed by atoms with Crippen LogP contribution < -0.4 is 21.3 Å². The molecule has 11 heteroatoms. The number of carboxylic acid groups (broad SMARTS) is 1. The van der Waals surface area contributed by atoms with Crippen LogP contribution in [0, 0.1) is 13.8 Å². The Morgan fingerprint density at radius 1 is 1.00 bits per heavy atom. The highest BCUT2D eigenvalue weighted by atomic mass is 35.5. The van der Waals surface area contributed by atoms with E-state index in [-0.39, 0.29) is 46.2 Å². The van der Waals surface area contributed by atoms with Crippen molar-refractivity contribution in [2.75, 3.05) is 11.9 Å². The summed E-state index contributed by atoms with van der Waals surface area (Å²) in [6.07, 6.45) is 1.66. The van der Waals surface area contributed by atoms with Crippen molar-refractivity contribution in [2.45, 2.75) is 45.2 Å². The van der Waals surface area contributed by atoms with Gasteiger partial charge < -0.3 is 26.4 Å². The largest absolute Gasteiger partial charge is 0.480 e. The molecule has 3 aromatic carbocycles. The lowest BCUT2D eigenvalue weighted by atomic mass is 10.0. The number of aryl methyl sites for hydroxylation is 3. The van der Waals surface area contributed by atoms with E-state index in [1.165, 1.54) is 12.1 Å². The Morgan fingerprint density at radius 2 is 1.76 bits per heavy atom. The van der Waals surface area contributed by atoms with Gasteiger partial charge in [0.25, 0.3) is 5.91 Å². The summed E-state index contributed by atoms with van der Waals surface area (Å²) in [6.45, 7) is 3.55. The smallest absolute Gasteiger partial charge is 0.328 e. The number of carbonyl (C=O) groups is 4. The number of amides is 4. The van der Waals surface area contributed by atoms with Crippen molar-refractivity contribution in [3.8, 4) is 0 Å². The zero-order valence-corrected chi connectivity index (χ0v) is 24.0. The molecule has 0 spiro atoms. The van der Waals surface area contributed by atoms with Crippen LogP contribution >= 0.6 is 23.2 Å². The van der Waals surface area contributed by atoms with Crippen LogP contribution in [-0.2, 0) is 22.4 Å². The molecule has 4 rings (SSSR count). The van der Waals surface area contributed by atoms with Crippen molar-refractivity contribution < 1.29 is 24.3 Å². The van der Waals surface area contributed by atoms with Crippen molar-refractivity contribution in [3.05, 3.63) is 98.0 Å². The highest BCUT2D eigenvalue weighted by Crippen LogP contribution is 2.32. The molecule has 0 heterocycles. The fourth-order valence-electron chi connectivity index (χ4n) is 4.69. The molecule has 214 valence electrons. The lowest BCUT2D eigenvalue weighted by molar-refractivity contribution is -0.139. The second kappa shape index (κ2) is 13.1. The molecule has 0 aromatic heterocycles. The maximum Gasteiger partial charge on any atom is 0.328 e. The molecule has 4 amide bonds. The van der Waals surface area contributed by atoms with Crippen LogP contribution in [0.25, 0.3) is 0 Å². The number of rotatable bonds is 9. The first-order valence-corrected chi connectivity index (χ1v) is 13.8. The Labute approximate surface area is 247 Å². The van der Waals surface area contributed by atoms with Crippen molar-refractivity contribution in [1.29, 1.82) is 0 Å². The van der Waals surface area contributed by atoms with Gasteiger partial charge in [0.1, 0.15) is 6.04 Å². The van der Waals surface area contributed by atoms with Crippen LogP contribution in [0.1, 0.15) is 50.6 Å². The number of hydrogen-bond donors (Lipinski definition) is 5. The molecule has 5 N–H and O–H groups in total. The molecule has 1 aliphatic rings. The van der Waals surface area contributed by atoms with E-state index in [2.05, 4.69) is 21.3 Å². The first kappa shape index (κ1) is 29.9. The van der Waals surface area contributed by atoms with E-state index in [9.17, 15) is 24.3 Å². The standard InChI is InChI=1S/C30H30Cl2N4O5/c1-16-7-8-18(13-17(16)2)14-25(37)34-23-12-10-21(31)26(27(23)32)28(38)35-24(29(39)40)15-33-30(41)36-22-11-9-19-5-3-4-6-20(19)22/h3-8,10,12-13,22,24H,9,11,14-15H2,1-2H3,(H,34,37)(H,35,38)(H,39,40)(H2,33,36,41)/t22-,24+/m1/s1. The molecular formula is C30H30Cl2N4O5. The number of urea groups is 1. The molecular weight excluding hydrogens is 567 g/mol. The molecule has 2 atom stereocenters. The molecule has 9 nitrogen and oxygen atoms in total. The van der Waals surface area contributed by atoms with Gasteiger partial charge in [0.2, 0.25) is 5.91 Å². The summed E-state index contributed by atoms with van der Waals surface area (Å²) in [7, 11) is 0. The van der Waals surface area contributed by atoms with Crippen LogP contribution in [-0.4, -0.2) is 41.5 Å². The predicted molar refractivity (Wildman–Crippen MR) is 158 cm³/mol. The molecule has 0 unspecified atom stereocenters. The van der Waals surface area contributed by atoms with Gasteiger partial charge in [0, 0.05) is 0 Å². The summed E-state index contributed by atoms with van der Waals surface area (Å²) >= 11 is 12.7. The molecule has 1 aliphatic carbocycles. The molecule has 41 heavy (non-hydrogen) atoms. The van der Waals surface area contributed by atoms with Gasteiger partial charge in [-0.1, -0.05) is 65.7 Å². The number of benzene rings is 3.